The molecule has 0 atom stereocenters. The van der Waals surface area contributed by atoms with Crippen molar-refractivity contribution >= 4 is 27.3 Å². The van der Waals surface area contributed by atoms with Crippen LogP contribution < -0.4 is 13.8 Å². The molecule has 4 rings (SSSR count). The molecule has 1 heterocycles. The van der Waals surface area contributed by atoms with E-state index in [-0.39, 0.29) is 11.4 Å². The van der Waals surface area contributed by atoms with E-state index in [1.807, 2.05) is 31.2 Å². The van der Waals surface area contributed by atoms with Crippen molar-refractivity contribution in [1.29, 1.82) is 0 Å². The standard InChI is InChI=1S/C22H20ClNO4S/c1-16-5-7-17(8-6-16)15-24(19-4-2-3-18(23)13-19)29(25,26)20-9-10-21-22(14-20)28-12-11-27-21/h2-10,13-14H,11-12,15H2,1H3. The Bertz CT molecular complexity index is 1130. The van der Waals surface area contributed by atoms with Crippen molar-refractivity contribution in [2.75, 3.05) is 17.5 Å². The number of halogens is 1. The first kappa shape index (κ1) is 19.6. The summed E-state index contributed by atoms with van der Waals surface area (Å²) in [5.74, 6) is 0.974. The highest BCUT2D eigenvalue weighted by molar-refractivity contribution is 7.92. The molecule has 3 aromatic rings. The Morgan fingerprint density at radius 1 is 0.931 bits per heavy atom. The van der Waals surface area contributed by atoms with E-state index < -0.39 is 10.0 Å². The van der Waals surface area contributed by atoms with Gasteiger partial charge in [0.25, 0.3) is 10.0 Å². The molecule has 0 radical (unpaired) electrons. The Balaban J connectivity index is 1.77. The quantitative estimate of drug-likeness (QED) is 0.583. The number of hydrogen-bond acceptors (Lipinski definition) is 4. The number of ether oxygens (including phenoxy) is 2. The molecular formula is C22H20ClNO4S. The highest BCUT2D eigenvalue weighted by Crippen LogP contribution is 2.35. The second-order valence-electron chi connectivity index (χ2n) is 6.78. The van der Waals surface area contributed by atoms with Gasteiger partial charge in [0.1, 0.15) is 13.2 Å². The summed E-state index contributed by atoms with van der Waals surface area (Å²) in [6.45, 7) is 3.00. The minimum absolute atomic E-state index is 0.133. The van der Waals surface area contributed by atoms with Crippen molar-refractivity contribution in [1.82, 2.24) is 0 Å². The second kappa shape index (κ2) is 7.97. The van der Waals surface area contributed by atoms with Gasteiger partial charge in [-0.2, -0.15) is 0 Å². The molecule has 150 valence electrons. The first-order valence-electron chi connectivity index (χ1n) is 9.17. The van der Waals surface area contributed by atoms with Crippen LogP contribution in [-0.4, -0.2) is 21.6 Å². The zero-order chi connectivity index (χ0) is 20.4. The minimum atomic E-state index is -3.87. The Morgan fingerprint density at radius 3 is 2.38 bits per heavy atom. The van der Waals surface area contributed by atoms with E-state index in [1.165, 1.54) is 16.4 Å². The summed E-state index contributed by atoms with van der Waals surface area (Å²) in [6, 6.07) is 19.3. The summed E-state index contributed by atoms with van der Waals surface area (Å²) >= 11 is 6.15. The van der Waals surface area contributed by atoms with E-state index >= 15 is 0 Å². The van der Waals surface area contributed by atoms with E-state index in [9.17, 15) is 8.42 Å². The SMILES string of the molecule is Cc1ccc(CN(c2cccc(Cl)c2)S(=O)(=O)c2ccc3c(c2)OCCO3)cc1. The van der Waals surface area contributed by atoms with Gasteiger partial charge in [0.05, 0.1) is 17.1 Å². The van der Waals surface area contributed by atoms with Crippen molar-refractivity contribution in [3.63, 3.8) is 0 Å². The Hall–Kier alpha value is -2.70. The fraction of sp³-hybridized carbons (Fsp3) is 0.182. The van der Waals surface area contributed by atoms with E-state index in [1.54, 1.807) is 30.3 Å². The van der Waals surface area contributed by atoms with Crippen LogP contribution in [0.25, 0.3) is 0 Å². The summed E-state index contributed by atoms with van der Waals surface area (Å²) < 4.78 is 39.6. The van der Waals surface area contributed by atoms with Crippen molar-refractivity contribution < 1.29 is 17.9 Å². The number of nitrogens with zero attached hydrogens (tertiary/aromatic N) is 1. The monoisotopic (exact) mass is 429 g/mol. The maximum atomic E-state index is 13.6. The van der Waals surface area contributed by atoms with E-state index in [0.29, 0.717) is 35.4 Å². The van der Waals surface area contributed by atoms with Crippen LogP contribution in [0.3, 0.4) is 0 Å². The van der Waals surface area contributed by atoms with Gasteiger partial charge in [-0.25, -0.2) is 8.42 Å². The molecule has 1 aliphatic heterocycles. The molecule has 0 N–H and O–H groups in total. The van der Waals surface area contributed by atoms with Crippen LogP contribution in [-0.2, 0) is 16.6 Å². The average Bonchev–Trinajstić information content (AvgIpc) is 2.72. The maximum absolute atomic E-state index is 13.6. The largest absolute Gasteiger partial charge is 0.486 e. The molecule has 3 aromatic carbocycles. The number of benzene rings is 3. The van der Waals surface area contributed by atoms with E-state index in [2.05, 4.69) is 0 Å². The van der Waals surface area contributed by atoms with Crippen molar-refractivity contribution in [3.8, 4) is 11.5 Å². The van der Waals surface area contributed by atoms with Crippen LogP contribution in [0.5, 0.6) is 11.5 Å². The van der Waals surface area contributed by atoms with Gasteiger partial charge >= 0.3 is 0 Å². The van der Waals surface area contributed by atoms with Gasteiger partial charge < -0.3 is 9.47 Å². The van der Waals surface area contributed by atoms with E-state index in [0.717, 1.165) is 11.1 Å². The number of aryl methyl sites for hydroxylation is 1. The predicted octanol–water partition coefficient (Wildman–Crippen LogP) is 4.82. The first-order chi connectivity index (χ1) is 13.9. The number of fused-ring (bicyclic) bond motifs is 1. The zero-order valence-corrected chi connectivity index (χ0v) is 17.4. The molecule has 7 heteroatoms. The molecular weight excluding hydrogens is 410 g/mol. The lowest BCUT2D eigenvalue weighted by Crippen LogP contribution is -2.30. The van der Waals surface area contributed by atoms with Gasteiger partial charge in [0.2, 0.25) is 0 Å². The number of anilines is 1. The fourth-order valence-corrected chi connectivity index (χ4v) is 4.76. The number of hydrogen-bond donors (Lipinski definition) is 0. The summed E-state index contributed by atoms with van der Waals surface area (Å²) in [6.07, 6.45) is 0. The molecule has 1 aliphatic rings. The van der Waals surface area contributed by atoms with Gasteiger partial charge in [-0.05, 0) is 42.8 Å². The highest BCUT2D eigenvalue weighted by atomic mass is 35.5. The highest BCUT2D eigenvalue weighted by Gasteiger charge is 2.27. The van der Waals surface area contributed by atoms with Crippen molar-refractivity contribution in [3.05, 3.63) is 82.9 Å². The molecule has 0 unspecified atom stereocenters. The molecule has 0 spiro atoms. The third kappa shape index (κ3) is 4.18. The Labute approximate surface area is 175 Å². The third-order valence-electron chi connectivity index (χ3n) is 4.64. The van der Waals surface area contributed by atoms with E-state index in [4.69, 9.17) is 21.1 Å². The van der Waals surface area contributed by atoms with Gasteiger partial charge in [0.15, 0.2) is 11.5 Å². The minimum Gasteiger partial charge on any atom is -0.486 e. The summed E-state index contributed by atoms with van der Waals surface area (Å²) in [4.78, 5) is 0.133. The predicted molar refractivity (Wildman–Crippen MR) is 113 cm³/mol. The Kier molecular flexibility index (Phi) is 5.39. The van der Waals surface area contributed by atoms with Crippen LogP contribution in [0.1, 0.15) is 11.1 Å². The molecule has 5 nitrogen and oxygen atoms in total. The number of rotatable bonds is 5. The van der Waals surface area contributed by atoms with Gasteiger partial charge in [-0.1, -0.05) is 47.5 Å². The first-order valence-corrected chi connectivity index (χ1v) is 11.0. The van der Waals surface area contributed by atoms with Crippen molar-refractivity contribution in [2.45, 2.75) is 18.4 Å². The Morgan fingerprint density at radius 2 is 1.66 bits per heavy atom. The molecule has 0 saturated carbocycles. The van der Waals surface area contributed by atoms with Gasteiger partial charge in [0, 0.05) is 11.1 Å². The fourth-order valence-electron chi connectivity index (χ4n) is 3.12. The second-order valence-corrected chi connectivity index (χ2v) is 9.08. The molecule has 29 heavy (non-hydrogen) atoms. The smallest absolute Gasteiger partial charge is 0.264 e. The normalized spacial score (nSPS) is 13.2. The molecule has 0 fully saturated rings. The summed E-state index contributed by atoms with van der Waals surface area (Å²) in [5, 5.41) is 0.466. The summed E-state index contributed by atoms with van der Waals surface area (Å²) in [7, 11) is -3.87. The number of sulfonamides is 1. The topological polar surface area (TPSA) is 55.8 Å². The molecule has 0 aromatic heterocycles. The summed E-state index contributed by atoms with van der Waals surface area (Å²) in [5.41, 5.74) is 2.47. The lowest BCUT2D eigenvalue weighted by atomic mass is 10.1. The average molecular weight is 430 g/mol. The van der Waals surface area contributed by atoms with Crippen LogP contribution in [0.4, 0.5) is 5.69 Å². The van der Waals surface area contributed by atoms with Crippen LogP contribution in [0, 0.1) is 6.92 Å². The maximum Gasteiger partial charge on any atom is 0.264 e. The lowest BCUT2D eigenvalue weighted by molar-refractivity contribution is 0.171. The van der Waals surface area contributed by atoms with Gasteiger partial charge in [-0.3, -0.25) is 4.31 Å². The third-order valence-corrected chi connectivity index (χ3v) is 6.65. The zero-order valence-electron chi connectivity index (χ0n) is 15.8. The van der Waals surface area contributed by atoms with Crippen LogP contribution in [0.2, 0.25) is 5.02 Å². The van der Waals surface area contributed by atoms with Crippen LogP contribution >= 0.6 is 11.6 Å². The van der Waals surface area contributed by atoms with Gasteiger partial charge in [-0.15, -0.1) is 0 Å². The molecule has 0 bridgehead atoms. The molecule has 0 amide bonds. The lowest BCUT2D eigenvalue weighted by Gasteiger charge is -2.26. The molecule has 0 saturated heterocycles. The molecule has 0 aliphatic carbocycles. The van der Waals surface area contributed by atoms with Crippen molar-refractivity contribution in [2.24, 2.45) is 0 Å². The van der Waals surface area contributed by atoms with Crippen LogP contribution in [0.15, 0.2) is 71.6 Å².